The molecule has 2 rings (SSSR count). The van der Waals surface area contributed by atoms with Gasteiger partial charge >= 0.3 is 0 Å². The Labute approximate surface area is 110 Å². The van der Waals surface area contributed by atoms with Crippen molar-refractivity contribution < 1.29 is 9.32 Å². The van der Waals surface area contributed by atoms with E-state index in [0.29, 0.717) is 23.6 Å². The highest BCUT2D eigenvalue weighted by Crippen LogP contribution is 2.13. The average Bonchev–Trinajstić information content (AvgIpc) is 2.83. The lowest BCUT2D eigenvalue weighted by Crippen LogP contribution is -2.12. The lowest BCUT2D eigenvalue weighted by molar-refractivity contribution is 0.102. The third-order valence-corrected chi connectivity index (χ3v) is 2.45. The molecule has 1 amide bonds. The van der Waals surface area contributed by atoms with Crippen LogP contribution in [0, 0.1) is 18.8 Å². The molecule has 0 radical (unpaired) electrons. The summed E-state index contributed by atoms with van der Waals surface area (Å²) in [6.07, 6.45) is 1.39. The van der Waals surface area contributed by atoms with Crippen LogP contribution in [-0.4, -0.2) is 17.6 Å². The summed E-state index contributed by atoms with van der Waals surface area (Å²) >= 11 is 0. The van der Waals surface area contributed by atoms with Gasteiger partial charge < -0.3 is 15.6 Å². The number of nitrogens with one attached hydrogen (secondary N) is 1. The maximum atomic E-state index is 12.0. The number of nitrogens with two attached hydrogens (primary N) is 1. The van der Waals surface area contributed by atoms with Gasteiger partial charge in [-0.3, -0.25) is 4.79 Å². The molecule has 0 fully saturated rings. The van der Waals surface area contributed by atoms with E-state index in [1.54, 1.807) is 19.1 Å². The SMILES string of the molecule is Cc1oncc1C(=O)Nc1cccc(C#CCN)c1. The summed E-state index contributed by atoms with van der Waals surface area (Å²) in [7, 11) is 0. The topological polar surface area (TPSA) is 81.2 Å². The van der Waals surface area contributed by atoms with Crippen LogP contribution in [0.25, 0.3) is 0 Å². The first kappa shape index (κ1) is 12.9. The molecule has 0 bridgehead atoms. The van der Waals surface area contributed by atoms with Crippen LogP contribution in [0.3, 0.4) is 0 Å². The van der Waals surface area contributed by atoms with Crippen LogP contribution in [0.15, 0.2) is 35.0 Å². The van der Waals surface area contributed by atoms with Crippen LogP contribution in [0.5, 0.6) is 0 Å². The molecular weight excluding hydrogens is 242 g/mol. The van der Waals surface area contributed by atoms with Gasteiger partial charge in [0, 0.05) is 11.3 Å². The largest absolute Gasteiger partial charge is 0.361 e. The third kappa shape index (κ3) is 3.21. The van der Waals surface area contributed by atoms with E-state index in [9.17, 15) is 4.79 Å². The normalized spacial score (nSPS) is 9.58. The van der Waals surface area contributed by atoms with Gasteiger partial charge in [-0.05, 0) is 25.1 Å². The predicted molar refractivity (Wildman–Crippen MR) is 71.6 cm³/mol. The highest BCUT2D eigenvalue weighted by molar-refractivity contribution is 6.04. The second kappa shape index (κ2) is 5.85. The lowest BCUT2D eigenvalue weighted by atomic mass is 10.2. The van der Waals surface area contributed by atoms with Gasteiger partial charge in [-0.1, -0.05) is 23.1 Å². The number of nitrogens with zero attached hydrogens (tertiary/aromatic N) is 1. The predicted octanol–water partition coefficient (Wildman–Crippen LogP) is 1.55. The van der Waals surface area contributed by atoms with Gasteiger partial charge in [0.1, 0.15) is 11.3 Å². The Morgan fingerprint density at radius 3 is 3.05 bits per heavy atom. The number of anilines is 1. The summed E-state index contributed by atoms with van der Waals surface area (Å²) in [5.74, 6) is 5.89. The molecule has 0 atom stereocenters. The second-order valence-corrected chi connectivity index (χ2v) is 3.84. The number of aromatic nitrogens is 1. The van der Waals surface area contributed by atoms with Crippen molar-refractivity contribution in [2.75, 3.05) is 11.9 Å². The van der Waals surface area contributed by atoms with Crippen LogP contribution in [0.2, 0.25) is 0 Å². The summed E-state index contributed by atoms with van der Waals surface area (Å²) in [5, 5.41) is 6.33. The van der Waals surface area contributed by atoms with Crippen molar-refractivity contribution in [3.05, 3.63) is 47.3 Å². The molecule has 0 aliphatic carbocycles. The summed E-state index contributed by atoms with van der Waals surface area (Å²) in [6, 6.07) is 7.23. The molecule has 19 heavy (non-hydrogen) atoms. The molecule has 0 unspecified atom stereocenters. The van der Waals surface area contributed by atoms with E-state index >= 15 is 0 Å². The fraction of sp³-hybridized carbons (Fsp3) is 0.143. The Hall–Kier alpha value is -2.58. The molecule has 2 aromatic rings. The molecule has 3 N–H and O–H groups in total. The Bertz CT molecular complexity index is 650. The fourth-order valence-electron chi connectivity index (χ4n) is 1.54. The van der Waals surface area contributed by atoms with Crippen LogP contribution in [0.1, 0.15) is 21.7 Å². The second-order valence-electron chi connectivity index (χ2n) is 3.84. The molecule has 0 saturated carbocycles. The molecule has 0 aliphatic rings. The standard InChI is InChI=1S/C14H13N3O2/c1-10-13(9-16-19-10)14(18)17-12-6-2-4-11(8-12)5-3-7-15/h2,4,6,8-9H,7,15H2,1H3,(H,17,18). The zero-order valence-electron chi connectivity index (χ0n) is 10.4. The quantitative estimate of drug-likeness (QED) is 0.798. The Morgan fingerprint density at radius 1 is 1.53 bits per heavy atom. The minimum atomic E-state index is -0.261. The van der Waals surface area contributed by atoms with Gasteiger partial charge in [-0.25, -0.2) is 0 Å². The highest BCUT2D eigenvalue weighted by Gasteiger charge is 2.12. The zero-order valence-corrected chi connectivity index (χ0v) is 10.4. The molecule has 1 aromatic carbocycles. The van der Waals surface area contributed by atoms with Crippen molar-refractivity contribution in [2.24, 2.45) is 5.73 Å². The number of hydrogen-bond acceptors (Lipinski definition) is 4. The van der Waals surface area contributed by atoms with Gasteiger partial charge in [0.15, 0.2) is 0 Å². The minimum Gasteiger partial charge on any atom is -0.361 e. The van der Waals surface area contributed by atoms with E-state index in [-0.39, 0.29) is 5.91 Å². The van der Waals surface area contributed by atoms with Crippen LogP contribution < -0.4 is 11.1 Å². The maximum absolute atomic E-state index is 12.0. The first-order valence-electron chi connectivity index (χ1n) is 5.72. The number of amides is 1. The van der Waals surface area contributed by atoms with Crippen LogP contribution in [0.4, 0.5) is 5.69 Å². The van der Waals surface area contributed by atoms with Crippen LogP contribution in [-0.2, 0) is 0 Å². The Balaban J connectivity index is 2.15. The first-order valence-corrected chi connectivity index (χ1v) is 5.72. The molecule has 0 spiro atoms. The molecule has 96 valence electrons. The van der Waals surface area contributed by atoms with E-state index in [4.69, 9.17) is 10.3 Å². The van der Waals surface area contributed by atoms with Crippen molar-refractivity contribution in [3.8, 4) is 11.8 Å². The maximum Gasteiger partial charge on any atom is 0.260 e. The van der Waals surface area contributed by atoms with Crippen molar-refractivity contribution in [3.63, 3.8) is 0 Å². The van der Waals surface area contributed by atoms with Gasteiger partial charge in [-0.2, -0.15) is 0 Å². The monoisotopic (exact) mass is 255 g/mol. The number of hydrogen-bond donors (Lipinski definition) is 2. The van der Waals surface area contributed by atoms with E-state index in [0.717, 1.165) is 5.56 Å². The van der Waals surface area contributed by atoms with Crippen molar-refractivity contribution >= 4 is 11.6 Å². The summed E-state index contributed by atoms with van der Waals surface area (Å²) < 4.78 is 4.85. The number of carbonyl (C=O) groups excluding carboxylic acids is 1. The minimum absolute atomic E-state index is 0.261. The van der Waals surface area contributed by atoms with Gasteiger partial charge in [0.05, 0.1) is 12.7 Å². The third-order valence-electron chi connectivity index (χ3n) is 2.45. The number of aryl methyl sites for hydroxylation is 1. The molecule has 1 heterocycles. The molecule has 1 aromatic heterocycles. The molecule has 0 saturated heterocycles. The molecule has 0 aliphatic heterocycles. The van der Waals surface area contributed by atoms with Crippen molar-refractivity contribution in [1.29, 1.82) is 0 Å². The van der Waals surface area contributed by atoms with E-state index in [1.807, 2.05) is 12.1 Å². The smallest absolute Gasteiger partial charge is 0.260 e. The number of rotatable bonds is 2. The molecule has 5 nitrogen and oxygen atoms in total. The Kier molecular flexibility index (Phi) is 3.96. The van der Waals surface area contributed by atoms with E-state index in [2.05, 4.69) is 22.3 Å². The van der Waals surface area contributed by atoms with Crippen molar-refractivity contribution in [2.45, 2.75) is 6.92 Å². The Morgan fingerprint density at radius 2 is 2.37 bits per heavy atom. The van der Waals surface area contributed by atoms with E-state index < -0.39 is 0 Å². The van der Waals surface area contributed by atoms with Crippen LogP contribution >= 0.6 is 0 Å². The van der Waals surface area contributed by atoms with E-state index in [1.165, 1.54) is 6.20 Å². The average molecular weight is 255 g/mol. The highest BCUT2D eigenvalue weighted by atomic mass is 16.5. The zero-order chi connectivity index (χ0) is 13.7. The summed E-state index contributed by atoms with van der Waals surface area (Å²) in [4.78, 5) is 12.0. The number of carbonyl (C=O) groups is 1. The summed E-state index contributed by atoms with van der Waals surface area (Å²) in [5.41, 5.74) is 7.19. The first-order chi connectivity index (χ1) is 9.20. The van der Waals surface area contributed by atoms with Gasteiger partial charge in [-0.15, -0.1) is 0 Å². The lowest BCUT2D eigenvalue weighted by Gasteiger charge is -2.04. The molecular formula is C14H13N3O2. The van der Waals surface area contributed by atoms with Gasteiger partial charge in [0.25, 0.3) is 5.91 Å². The summed E-state index contributed by atoms with van der Waals surface area (Å²) in [6.45, 7) is 1.99. The van der Waals surface area contributed by atoms with Crippen molar-refractivity contribution in [1.82, 2.24) is 5.16 Å². The fourth-order valence-corrected chi connectivity index (χ4v) is 1.54. The number of benzene rings is 1. The molecule has 5 heteroatoms. The van der Waals surface area contributed by atoms with Gasteiger partial charge in [0.2, 0.25) is 0 Å².